The molecule has 21 heavy (non-hydrogen) atoms. The third kappa shape index (κ3) is 3.42. The van der Waals surface area contributed by atoms with Gasteiger partial charge in [-0.2, -0.15) is 0 Å². The fraction of sp³-hybridized carbons (Fsp3) is 0.333. The van der Waals surface area contributed by atoms with Gasteiger partial charge in [0.05, 0.1) is 11.4 Å². The summed E-state index contributed by atoms with van der Waals surface area (Å²) in [6.45, 7) is 9.29. The van der Waals surface area contributed by atoms with Crippen molar-refractivity contribution in [2.24, 2.45) is 0 Å². The Hall–Kier alpha value is -1.45. The zero-order valence-corrected chi connectivity index (χ0v) is 14.2. The number of thioether (sulfide) groups is 1. The van der Waals surface area contributed by atoms with Gasteiger partial charge >= 0.3 is 0 Å². The zero-order valence-electron chi connectivity index (χ0n) is 13.3. The fourth-order valence-corrected chi connectivity index (χ4v) is 3.47. The van der Waals surface area contributed by atoms with Crippen molar-refractivity contribution in [2.75, 3.05) is 25.5 Å². The first-order valence-electron chi connectivity index (χ1n) is 7.28. The number of anilines is 1. The summed E-state index contributed by atoms with van der Waals surface area (Å²) < 4.78 is 0. The lowest BCUT2D eigenvalue weighted by Crippen LogP contribution is -2.39. The van der Waals surface area contributed by atoms with Gasteiger partial charge in [0, 0.05) is 22.4 Å². The van der Waals surface area contributed by atoms with E-state index in [-0.39, 0.29) is 0 Å². The normalized spacial score (nSPS) is 16.5. The first kappa shape index (κ1) is 15.9. The molecule has 1 unspecified atom stereocenters. The number of nitrogens with zero attached hydrogens (tertiary/aromatic N) is 2. The van der Waals surface area contributed by atoms with Crippen LogP contribution in [0.4, 0.5) is 5.69 Å². The number of benzene rings is 1. The van der Waals surface area contributed by atoms with E-state index in [9.17, 15) is 0 Å². The molecule has 1 aromatic carbocycles. The largest absolute Gasteiger partial charge is 0.338 e. The Morgan fingerprint density at radius 3 is 2.67 bits per heavy atom. The van der Waals surface area contributed by atoms with Crippen LogP contribution >= 0.6 is 11.8 Å². The molecule has 0 N–H and O–H groups in total. The monoisotopic (exact) mass is 300 g/mol. The smallest absolute Gasteiger partial charge is 0.0553 e. The number of para-hydroxylation sites is 1. The van der Waals surface area contributed by atoms with E-state index in [0.29, 0.717) is 6.04 Å². The average molecular weight is 300 g/mol. The highest BCUT2D eigenvalue weighted by atomic mass is 32.2. The van der Waals surface area contributed by atoms with Crippen LogP contribution in [-0.2, 0) is 0 Å². The van der Waals surface area contributed by atoms with Crippen LogP contribution in [0.1, 0.15) is 13.8 Å². The first-order chi connectivity index (χ1) is 10.1. The lowest BCUT2D eigenvalue weighted by Gasteiger charge is -2.36. The molecule has 2 rings (SSSR count). The topological polar surface area (TPSA) is 6.48 Å². The first-order valence-corrected chi connectivity index (χ1v) is 8.10. The van der Waals surface area contributed by atoms with Crippen LogP contribution in [0.15, 0.2) is 64.6 Å². The SMILES string of the molecule is C=CC1=C(C=CC)Sc2ccccc2N1CC(C)N(C)C. The maximum Gasteiger partial charge on any atom is 0.0553 e. The molecule has 0 radical (unpaired) electrons. The van der Waals surface area contributed by atoms with Gasteiger partial charge in [0.15, 0.2) is 0 Å². The second kappa shape index (κ2) is 7.01. The average Bonchev–Trinajstić information content (AvgIpc) is 2.47. The van der Waals surface area contributed by atoms with Gasteiger partial charge in [0.25, 0.3) is 0 Å². The minimum absolute atomic E-state index is 0.461. The van der Waals surface area contributed by atoms with Gasteiger partial charge in [-0.15, -0.1) is 0 Å². The predicted octanol–water partition coefficient (Wildman–Crippen LogP) is 4.52. The van der Waals surface area contributed by atoms with Crippen LogP contribution in [0.25, 0.3) is 0 Å². The van der Waals surface area contributed by atoms with E-state index in [2.05, 4.69) is 80.7 Å². The van der Waals surface area contributed by atoms with E-state index < -0.39 is 0 Å². The van der Waals surface area contributed by atoms with Crippen LogP contribution in [0.5, 0.6) is 0 Å². The molecule has 0 fully saturated rings. The number of hydrogen-bond donors (Lipinski definition) is 0. The third-order valence-corrected chi connectivity index (χ3v) is 4.89. The number of allylic oxidation sites excluding steroid dienone is 3. The molecule has 0 saturated heterocycles. The highest BCUT2D eigenvalue weighted by molar-refractivity contribution is 8.03. The lowest BCUT2D eigenvalue weighted by atomic mass is 10.2. The van der Waals surface area contributed by atoms with Gasteiger partial charge < -0.3 is 9.80 Å². The summed E-state index contributed by atoms with van der Waals surface area (Å²) in [5, 5.41) is 0. The molecule has 0 amide bonds. The van der Waals surface area contributed by atoms with Gasteiger partial charge in [-0.25, -0.2) is 0 Å². The van der Waals surface area contributed by atoms with Crippen molar-refractivity contribution < 1.29 is 0 Å². The standard InChI is InChI=1S/C18H24N2S/c1-6-10-17-15(7-2)20(13-14(3)19(4)5)16-11-8-9-12-18(16)21-17/h6-12,14H,2,13H2,1,3-5H3. The van der Waals surface area contributed by atoms with Gasteiger partial charge in [-0.3, -0.25) is 0 Å². The maximum atomic E-state index is 4.03. The molecule has 3 heteroatoms. The summed E-state index contributed by atoms with van der Waals surface area (Å²) >= 11 is 1.82. The van der Waals surface area contributed by atoms with Crippen molar-refractivity contribution in [3.8, 4) is 0 Å². The summed E-state index contributed by atoms with van der Waals surface area (Å²) in [5.41, 5.74) is 2.48. The molecule has 112 valence electrons. The van der Waals surface area contributed by atoms with Crippen molar-refractivity contribution in [1.82, 2.24) is 4.90 Å². The summed E-state index contributed by atoms with van der Waals surface area (Å²) in [7, 11) is 4.25. The Morgan fingerprint density at radius 2 is 2.05 bits per heavy atom. The molecular weight excluding hydrogens is 276 g/mol. The van der Waals surface area contributed by atoms with E-state index in [1.54, 1.807) is 0 Å². The second-order valence-electron chi connectivity index (χ2n) is 5.45. The molecule has 1 atom stereocenters. The Kier molecular flexibility index (Phi) is 5.32. The highest BCUT2D eigenvalue weighted by Gasteiger charge is 2.24. The van der Waals surface area contributed by atoms with Gasteiger partial charge in [0.1, 0.15) is 0 Å². The van der Waals surface area contributed by atoms with Gasteiger partial charge in [0.2, 0.25) is 0 Å². The van der Waals surface area contributed by atoms with Crippen LogP contribution in [0, 0.1) is 0 Å². The van der Waals surface area contributed by atoms with E-state index in [0.717, 1.165) is 6.54 Å². The second-order valence-corrected chi connectivity index (χ2v) is 6.53. The van der Waals surface area contributed by atoms with Crippen LogP contribution in [-0.4, -0.2) is 31.6 Å². The van der Waals surface area contributed by atoms with E-state index in [4.69, 9.17) is 0 Å². The van der Waals surface area contributed by atoms with Gasteiger partial charge in [-0.1, -0.05) is 42.6 Å². The lowest BCUT2D eigenvalue weighted by molar-refractivity contribution is 0.318. The summed E-state index contributed by atoms with van der Waals surface area (Å²) in [6, 6.07) is 9.06. The fourth-order valence-electron chi connectivity index (χ4n) is 2.31. The Balaban J connectivity index is 2.47. The Morgan fingerprint density at radius 1 is 1.33 bits per heavy atom. The van der Waals surface area contributed by atoms with Crippen LogP contribution in [0.3, 0.4) is 0 Å². The van der Waals surface area contributed by atoms with E-state index in [1.807, 2.05) is 17.8 Å². The molecule has 1 heterocycles. The minimum Gasteiger partial charge on any atom is -0.338 e. The Bertz CT molecular complexity index is 572. The number of rotatable bonds is 5. The quantitative estimate of drug-likeness (QED) is 0.789. The van der Waals surface area contributed by atoms with Crippen molar-refractivity contribution in [3.05, 3.63) is 59.7 Å². The summed E-state index contributed by atoms with van der Waals surface area (Å²) in [4.78, 5) is 7.21. The van der Waals surface area contributed by atoms with Crippen molar-refractivity contribution >= 4 is 17.4 Å². The molecule has 0 saturated carbocycles. The molecule has 0 bridgehead atoms. The van der Waals surface area contributed by atoms with E-state index >= 15 is 0 Å². The molecule has 2 nitrogen and oxygen atoms in total. The number of fused-ring (bicyclic) bond motifs is 1. The minimum atomic E-state index is 0.461. The molecule has 0 aliphatic carbocycles. The molecule has 0 aromatic heterocycles. The summed E-state index contributed by atoms with van der Waals surface area (Å²) in [5.74, 6) is 0. The molecule has 0 spiro atoms. The third-order valence-electron chi connectivity index (χ3n) is 3.76. The number of hydrogen-bond acceptors (Lipinski definition) is 3. The summed E-state index contributed by atoms with van der Waals surface area (Å²) in [6.07, 6.45) is 6.24. The maximum absolute atomic E-state index is 4.03. The van der Waals surface area contributed by atoms with E-state index in [1.165, 1.54) is 21.2 Å². The highest BCUT2D eigenvalue weighted by Crippen LogP contribution is 2.44. The van der Waals surface area contributed by atoms with Crippen LogP contribution < -0.4 is 4.90 Å². The molecule has 1 aliphatic rings. The zero-order chi connectivity index (χ0) is 15.4. The molecule has 1 aliphatic heterocycles. The van der Waals surface area contributed by atoms with Crippen molar-refractivity contribution in [2.45, 2.75) is 24.8 Å². The predicted molar refractivity (Wildman–Crippen MR) is 94.8 cm³/mol. The molecule has 1 aromatic rings. The van der Waals surface area contributed by atoms with Crippen molar-refractivity contribution in [3.63, 3.8) is 0 Å². The Labute approximate surface area is 132 Å². The van der Waals surface area contributed by atoms with Gasteiger partial charge in [-0.05, 0) is 46.2 Å². The van der Waals surface area contributed by atoms with Crippen LogP contribution in [0.2, 0.25) is 0 Å². The number of likely N-dealkylation sites (N-methyl/N-ethyl adjacent to an activating group) is 1. The molecular formula is C18H24N2S. The van der Waals surface area contributed by atoms with Crippen molar-refractivity contribution in [1.29, 1.82) is 0 Å².